The standard InChI is InChI=1S/C19H23ClN2O3/c1-12-7-14(10-19(2,3)9-12)22(4)17(23)11-24-18-21-15-6-5-13(20)8-16(15)25-18/h5-6,8,10,12H,7,9,11H2,1-4H3. The molecule has 25 heavy (non-hydrogen) atoms. The lowest BCUT2D eigenvalue weighted by atomic mass is 9.76. The SMILES string of the molecule is CC1CC(N(C)C(=O)COc2nc3ccc(Cl)cc3o2)=CC(C)(C)C1. The van der Waals surface area contributed by atoms with E-state index < -0.39 is 0 Å². The van der Waals surface area contributed by atoms with Crippen molar-refractivity contribution in [3.63, 3.8) is 0 Å². The largest absolute Gasteiger partial charge is 0.440 e. The number of benzene rings is 1. The van der Waals surface area contributed by atoms with Crippen LogP contribution in [0.2, 0.25) is 5.02 Å². The Kier molecular flexibility index (Phi) is 4.78. The highest BCUT2D eigenvalue weighted by Crippen LogP contribution is 2.37. The number of nitrogens with zero attached hydrogens (tertiary/aromatic N) is 2. The van der Waals surface area contributed by atoms with E-state index in [2.05, 4.69) is 31.8 Å². The van der Waals surface area contributed by atoms with E-state index in [1.807, 2.05) is 0 Å². The lowest BCUT2D eigenvalue weighted by Crippen LogP contribution is -2.34. The fourth-order valence-electron chi connectivity index (χ4n) is 3.45. The molecule has 1 aromatic carbocycles. The molecule has 0 radical (unpaired) electrons. The smallest absolute Gasteiger partial charge is 0.395 e. The van der Waals surface area contributed by atoms with E-state index in [4.69, 9.17) is 20.8 Å². The molecule has 1 heterocycles. The van der Waals surface area contributed by atoms with E-state index in [1.54, 1.807) is 30.1 Å². The normalized spacial score (nSPS) is 19.6. The highest BCUT2D eigenvalue weighted by atomic mass is 35.5. The topological polar surface area (TPSA) is 55.6 Å². The monoisotopic (exact) mass is 362 g/mol. The van der Waals surface area contributed by atoms with Crippen LogP contribution in [0.4, 0.5) is 0 Å². The molecule has 0 spiro atoms. The minimum absolute atomic E-state index is 0.0744. The summed E-state index contributed by atoms with van der Waals surface area (Å²) >= 11 is 5.92. The van der Waals surface area contributed by atoms with Crippen LogP contribution in [-0.2, 0) is 4.79 Å². The van der Waals surface area contributed by atoms with Crippen molar-refractivity contribution in [1.82, 2.24) is 9.88 Å². The van der Waals surface area contributed by atoms with Crippen LogP contribution in [0.5, 0.6) is 6.08 Å². The lowest BCUT2D eigenvalue weighted by Gasteiger charge is -2.35. The Morgan fingerprint density at radius 3 is 2.96 bits per heavy atom. The molecule has 0 aliphatic heterocycles. The lowest BCUT2D eigenvalue weighted by molar-refractivity contribution is -0.131. The van der Waals surface area contributed by atoms with Crippen molar-refractivity contribution >= 4 is 28.6 Å². The summed E-state index contributed by atoms with van der Waals surface area (Å²) in [6.45, 7) is 6.48. The summed E-state index contributed by atoms with van der Waals surface area (Å²) in [4.78, 5) is 18.3. The Balaban J connectivity index is 1.66. The third-order valence-electron chi connectivity index (χ3n) is 4.44. The second kappa shape index (κ2) is 6.71. The first-order chi connectivity index (χ1) is 11.7. The van der Waals surface area contributed by atoms with E-state index in [0.29, 0.717) is 22.0 Å². The molecule has 1 aliphatic carbocycles. The first-order valence-corrected chi connectivity index (χ1v) is 8.78. The second-order valence-electron chi connectivity index (χ2n) is 7.47. The number of carbonyl (C=O) groups excluding carboxylic acids is 1. The van der Waals surface area contributed by atoms with Crippen molar-refractivity contribution in [2.24, 2.45) is 11.3 Å². The van der Waals surface area contributed by atoms with Gasteiger partial charge in [0.25, 0.3) is 5.91 Å². The number of oxazole rings is 1. The molecule has 1 aromatic heterocycles. The van der Waals surface area contributed by atoms with E-state index >= 15 is 0 Å². The van der Waals surface area contributed by atoms with Gasteiger partial charge in [0.15, 0.2) is 12.2 Å². The summed E-state index contributed by atoms with van der Waals surface area (Å²) in [6, 6.07) is 5.15. The second-order valence-corrected chi connectivity index (χ2v) is 7.91. The van der Waals surface area contributed by atoms with Crippen LogP contribution in [0, 0.1) is 11.3 Å². The number of rotatable bonds is 4. The predicted molar refractivity (Wildman–Crippen MR) is 97.5 cm³/mol. The first kappa shape index (κ1) is 17.8. The zero-order chi connectivity index (χ0) is 18.2. The molecule has 134 valence electrons. The Labute approximate surface area is 152 Å². The average Bonchev–Trinajstić information content (AvgIpc) is 2.91. The molecule has 1 aliphatic rings. The van der Waals surface area contributed by atoms with Crippen LogP contribution in [0.25, 0.3) is 11.1 Å². The summed E-state index contributed by atoms with van der Waals surface area (Å²) in [7, 11) is 1.79. The molecule has 5 nitrogen and oxygen atoms in total. The Hall–Kier alpha value is -2.01. The van der Waals surface area contributed by atoms with Gasteiger partial charge in [0.05, 0.1) is 0 Å². The van der Waals surface area contributed by atoms with Gasteiger partial charge in [0.1, 0.15) is 5.52 Å². The molecule has 0 bridgehead atoms. The summed E-state index contributed by atoms with van der Waals surface area (Å²) in [5.74, 6) is 0.421. The molecule has 6 heteroatoms. The molecule has 1 unspecified atom stereocenters. The molecular weight excluding hydrogens is 340 g/mol. The van der Waals surface area contributed by atoms with Gasteiger partial charge in [-0.15, -0.1) is 0 Å². The molecule has 1 amide bonds. The fraction of sp³-hybridized carbons (Fsp3) is 0.474. The summed E-state index contributed by atoms with van der Waals surface area (Å²) in [6.07, 6.45) is 4.28. The van der Waals surface area contributed by atoms with Gasteiger partial charge in [0, 0.05) is 23.8 Å². The molecule has 0 saturated heterocycles. The average molecular weight is 363 g/mol. The highest BCUT2D eigenvalue weighted by molar-refractivity contribution is 6.31. The fourth-order valence-corrected chi connectivity index (χ4v) is 3.61. The van der Waals surface area contributed by atoms with Crippen molar-refractivity contribution in [1.29, 1.82) is 0 Å². The van der Waals surface area contributed by atoms with Crippen LogP contribution >= 0.6 is 11.6 Å². The summed E-state index contributed by atoms with van der Waals surface area (Å²) in [5, 5.41) is 0.562. The van der Waals surface area contributed by atoms with Gasteiger partial charge < -0.3 is 14.1 Å². The van der Waals surface area contributed by atoms with E-state index in [-0.39, 0.29) is 24.0 Å². The van der Waals surface area contributed by atoms with Crippen molar-refractivity contribution in [2.45, 2.75) is 33.6 Å². The van der Waals surface area contributed by atoms with Gasteiger partial charge in [0.2, 0.25) is 0 Å². The van der Waals surface area contributed by atoms with Crippen LogP contribution in [0.15, 0.2) is 34.4 Å². The number of hydrogen-bond acceptors (Lipinski definition) is 4. The van der Waals surface area contributed by atoms with Crippen LogP contribution in [-0.4, -0.2) is 29.4 Å². The maximum Gasteiger partial charge on any atom is 0.395 e. The van der Waals surface area contributed by atoms with Gasteiger partial charge >= 0.3 is 6.08 Å². The van der Waals surface area contributed by atoms with Crippen LogP contribution in [0.3, 0.4) is 0 Å². The van der Waals surface area contributed by atoms with Crippen LogP contribution in [0.1, 0.15) is 33.6 Å². The zero-order valence-electron chi connectivity index (χ0n) is 15.0. The number of likely N-dealkylation sites (N-methyl/N-ethyl adjacent to an activating group) is 1. The Morgan fingerprint density at radius 1 is 1.48 bits per heavy atom. The zero-order valence-corrected chi connectivity index (χ0v) is 15.8. The molecule has 1 atom stereocenters. The number of hydrogen-bond donors (Lipinski definition) is 0. The maximum absolute atomic E-state index is 12.5. The molecular formula is C19H23ClN2O3. The number of aromatic nitrogens is 1. The van der Waals surface area contributed by atoms with Crippen molar-refractivity contribution in [3.05, 3.63) is 35.0 Å². The summed E-state index contributed by atoms with van der Waals surface area (Å²) < 4.78 is 10.9. The summed E-state index contributed by atoms with van der Waals surface area (Å²) in [5.41, 5.74) is 2.32. The quantitative estimate of drug-likeness (QED) is 0.793. The van der Waals surface area contributed by atoms with Gasteiger partial charge in [-0.3, -0.25) is 4.79 Å². The number of amides is 1. The van der Waals surface area contributed by atoms with Gasteiger partial charge in [-0.1, -0.05) is 38.4 Å². The molecule has 0 saturated carbocycles. The van der Waals surface area contributed by atoms with E-state index in [0.717, 1.165) is 18.5 Å². The number of carbonyl (C=O) groups is 1. The minimum atomic E-state index is -0.128. The molecule has 0 N–H and O–H groups in total. The van der Waals surface area contributed by atoms with E-state index in [9.17, 15) is 4.79 Å². The number of halogens is 1. The molecule has 0 fully saturated rings. The van der Waals surface area contributed by atoms with Crippen molar-refractivity contribution in [3.8, 4) is 6.08 Å². The number of fused-ring (bicyclic) bond motifs is 1. The maximum atomic E-state index is 12.5. The van der Waals surface area contributed by atoms with Gasteiger partial charge in [-0.2, -0.15) is 4.98 Å². The minimum Gasteiger partial charge on any atom is -0.440 e. The highest BCUT2D eigenvalue weighted by Gasteiger charge is 2.28. The Morgan fingerprint density at radius 2 is 2.24 bits per heavy atom. The van der Waals surface area contributed by atoms with Crippen molar-refractivity contribution in [2.75, 3.05) is 13.7 Å². The first-order valence-electron chi connectivity index (χ1n) is 8.41. The molecule has 3 rings (SSSR count). The van der Waals surface area contributed by atoms with Crippen LogP contribution < -0.4 is 4.74 Å². The number of ether oxygens (including phenoxy) is 1. The Bertz CT molecular complexity index is 825. The van der Waals surface area contributed by atoms with Gasteiger partial charge in [-0.25, -0.2) is 0 Å². The number of allylic oxidation sites excluding steroid dienone is 2. The van der Waals surface area contributed by atoms with E-state index in [1.165, 1.54) is 0 Å². The predicted octanol–water partition coefficient (Wildman–Crippen LogP) is 4.66. The molecule has 2 aromatic rings. The third kappa shape index (κ3) is 4.15. The van der Waals surface area contributed by atoms with Crippen molar-refractivity contribution < 1.29 is 13.9 Å². The van der Waals surface area contributed by atoms with Gasteiger partial charge in [-0.05, 0) is 36.3 Å². The third-order valence-corrected chi connectivity index (χ3v) is 4.68.